The van der Waals surface area contributed by atoms with Gasteiger partial charge in [0.15, 0.2) is 0 Å². The summed E-state index contributed by atoms with van der Waals surface area (Å²) >= 11 is 3.48. The van der Waals surface area contributed by atoms with Crippen LogP contribution < -0.4 is 9.47 Å². The summed E-state index contributed by atoms with van der Waals surface area (Å²) in [4.78, 5) is 2.35. The fourth-order valence-electron chi connectivity index (χ4n) is 1.76. The van der Waals surface area contributed by atoms with Gasteiger partial charge in [-0.15, -0.1) is 5.92 Å². The molecule has 0 saturated carbocycles. The summed E-state index contributed by atoms with van der Waals surface area (Å²) in [5.41, 5.74) is 0. The van der Waals surface area contributed by atoms with Gasteiger partial charge in [0.25, 0.3) is 0 Å². The molecule has 0 fully saturated rings. The van der Waals surface area contributed by atoms with Crippen molar-refractivity contribution in [2.45, 2.75) is 21.3 Å². The topological polar surface area (TPSA) is 18.5 Å². The van der Waals surface area contributed by atoms with E-state index in [1.165, 1.54) is 9.79 Å². The minimum absolute atomic E-state index is 0.145. The van der Waals surface area contributed by atoms with E-state index < -0.39 is 0 Å². The largest absolute Gasteiger partial charge is 0.497 e. The van der Waals surface area contributed by atoms with Crippen molar-refractivity contribution in [1.29, 1.82) is 0 Å². The minimum Gasteiger partial charge on any atom is -0.497 e. The summed E-state index contributed by atoms with van der Waals surface area (Å²) in [7, 11) is 3.35. The van der Waals surface area contributed by atoms with Crippen LogP contribution in [0.3, 0.4) is 0 Å². The van der Waals surface area contributed by atoms with Gasteiger partial charge >= 0.3 is 0 Å². The molecule has 0 unspecified atom stereocenters. The Morgan fingerprint density at radius 3 is 1.50 bits per heavy atom. The molecule has 2 nitrogen and oxygen atoms in total. The van der Waals surface area contributed by atoms with Gasteiger partial charge in [0, 0.05) is 9.79 Å². The fourth-order valence-corrected chi connectivity index (χ4v) is 4.05. The first kappa shape index (κ1) is 16.7. The maximum Gasteiger partial charge on any atom is 0.120 e. The molecule has 0 bridgehead atoms. The smallest absolute Gasteiger partial charge is 0.120 e. The second kappa shape index (κ2) is 8.67. The van der Waals surface area contributed by atoms with Crippen molar-refractivity contribution in [3.8, 4) is 23.3 Å². The van der Waals surface area contributed by atoms with Crippen LogP contribution in [0.1, 0.15) is 6.92 Å². The fraction of sp³-hybridized carbons (Fsp3) is 0.222. The number of thioether (sulfide) groups is 2. The van der Waals surface area contributed by atoms with Gasteiger partial charge in [-0.25, -0.2) is 0 Å². The van der Waals surface area contributed by atoms with Crippen molar-refractivity contribution in [3.05, 3.63) is 48.5 Å². The van der Waals surface area contributed by atoms with Crippen LogP contribution in [-0.4, -0.2) is 18.8 Å². The molecule has 0 spiro atoms. The van der Waals surface area contributed by atoms with Crippen LogP contribution in [0.25, 0.3) is 0 Å². The lowest BCUT2D eigenvalue weighted by Crippen LogP contribution is -1.93. The molecule has 4 heteroatoms. The van der Waals surface area contributed by atoms with Crippen LogP contribution in [0.15, 0.2) is 58.3 Å². The normalized spacial score (nSPS) is 10.0. The molecule has 2 aromatic carbocycles. The number of hydrogen-bond acceptors (Lipinski definition) is 4. The summed E-state index contributed by atoms with van der Waals surface area (Å²) in [6.45, 7) is 1.87. The highest BCUT2D eigenvalue weighted by molar-refractivity contribution is 8.17. The second-order valence-corrected chi connectivity index (χ2v) is 6.97. The summed E-state index contributed by atoms with van der Waals surface area (Å²) < 4.78 is 10.5. The molecule has 2 aromatic rings. The molecule has 114 valence electrons. The molecule has 2 rings (SSSR count). The third-order valence-corrected chi connectivity index (χ3v) is 5.20. The predicted molar refractivity (Wildman–Crippen MR) is 94.9 cm³/mol. The lowest BCUT2D eigenvalue weighted by Gasteiger charge is -2.11. The maximum atomic E-state index is 5.18. The number of methoxy groups -OCH3 is 2. The summed E-state index contributed by atoms with van der Waals surface area (Å²) in [6, 6.07) is 16.1. The van der Waals surface area contributed by atoms with Crippen molar-refractivity contribution < 1.29 is 9.47 Å². The van der Waals surface area contributed by atoms with Crippen LogP contribution in [-0.2, 0) is 0 Å². The lowest BCUT2D eigenvalue weighted by molar-refractivity contribution is 0.414. The van der Waals surface area contributed by atoms with E-state index >= 15 is 0 Å². The third-order valence-electron chi connectivity index (χ3n) is 2.87. The van der Waals surface area contributed by atoms with E-state index in [4.69, 9.17) is 9.47 Å². The average Bonchev–Trinajstić information content (AvgIpc) is 2.56. The van der Waals surface area contributed by atoms with E-state index in [2.05, 4.69) is 36.1 Å². The molecule has 0 heterocycles. The molecular weight excluding hydrogens is 312 g/mol. The van der Waals surface area contributed by atoms with Crippen molar-refractivity contribution in [3.63, 3.8) is 0 Å². The molecule has 0 aliphatic heterocycles. The Balaban J connectivity index is 2.05. The summed E-state index contributed by atoms with van der Waals surface area (Å²) in [6.07, 6.45) is 0. The molecule has 0 aromatic heterocycles. The molecule has 0 atom stereocenters. The van der Waals surface area contributed by atoms with Gasteiger partial charge in [0.1, 0.15) is 16.1 Å². The monoisotopic (exact) mass is 330 g/mol. The summed E-state index contributed by atoms with van der Waals surface area (Å²) in [5, 5.41) is 0. The SMILES string of the molecule is CC#CC(Sc1ccc(OC)cc1)Sc1ccc(OC)cc1. The summed E-state index contributed by atoms with van der Waals surface area (Å²) in [5.74, 6) is 7.99. The molecule has 0 N–H and O–H groups in total. The molecule has 0 aliphatic carbocycles. The van der Waals surface area contributed by atoms with E-state index in [1.807, 2.05) is 31.2 Å². The lowest BCUT2D eigenvalue weighted by atomic mass is 10.3. The number of hydrogen-bond donors (Lipinski definition) is 0. The standard InChI is InChI=1S/C18H18O2S2/c1-4-5-18(21-16-10-6-14(19-2)7-11-16)22-17-12-8-15(20-3)9-13-17/h6-13,18H,1-3H3. The van der Waals surface area contributed by atoms with Crippen molar-refractivity contribution in [1.82, 2.24) is 0 Å². The van der Waals surface area contributed by atoms with E-state index in [-0.39, 0.29) is 4.58 Å². The highest BCUT2D eigenvalue weighted by Gasteiger charge is 2.10. The van der Waals surface area contributed by atoms with Crippen LogP contribution in [0.4, 0.5) is 0 Å². The Hall–Kier alpha value is -1.70. The van der Waals surface area contributed by atoms with Crippen LogP contribution in [0, 0.1) is 11.8 Å². The second-order valence-electron chi connectivity index (χ2n) is 4.31. The van der Waals surface area contributed by atoms with Crippen LogP contribution in [0.2, 0.25) is 0 Å². The van der Waals surface area contributed by atoms with E-state index in [0.717, 1.165) is 11.5 Å². The maximum absolute atomic E-state index is 5.18. The van der Waals surface area contributed by atoms with Gasteiger partial charge in [-0.1, -0.05) is 29.4 Å². The van der Waals surface area contributed by atoms with Gasteiger partial charge in [0.2, 0.25) is 0 Å². The molecule has 22 heavy (non-hydrogen) atoms. The molecule has 0 radical (unpaired) electrons. The zero-order chi connectivity index (χ0) is 15.8. The Bertz CT molecular complexity index is 590. The number of benzene rings is 2. The van der Waals surface area contributed by atoms with Crippen LogP contribution >= 0.6 is 23.5 Å². The Morgan fingerprint density at radius 1 is 0.773 bits per heavy atom. The number of rotatable bonds is 6. The van der Waals surface area contributed by atoms with Gasteiger partial charge in [-0.05, 0) is 55.5 Å². The van der Waals surface area contributed by atoms with Gasteiger partial charge in [-0.3, -0.25) is 0 Å². The van der Waals surface area contributed by atoms with Crippen molar-refractivity contribution >= 4 is 23.5 Å². The number of ether oxygens (including phenoxy) is 2. The van der Waals surface area contributed by atoms with E-state index in [1.54, 1.807) is 37.7 Å². The first-order valence-electron chi connectivity index (χ1n) is 6.79. The first-order valence-corrected chi connectivity index (χ1v) is 8.55. The molecule has 0 saturated heterocycles. The molecule has 0 aliphatic rings. The highest BCUT2D eigenvalue weighted by Crippen LogP contribution is 2.36. The average molecular weight is 330 g/mol. The third kappa shape index (κ3) is 4.94. The Labute approximate surface area is 140 Å². The van der Waals surface area contributed by atoms with Crippen molar-refractivity contribution in [2.24, 2.45) is 0 Å². The van der Waals surface area contributed by atoms with E-state index in [0.29, 0.717) is 0 Å². The predicted octanol–water partition coefficient (Wildman–Crippen LogP) is 4.94. The quantitative estimate of drug-likeness (QED) is 0.424. The Kier molecular flexibility index (Phi) is 6.57. The van der Waals surface area contributed by atoms with E-state index in [9.17, 15) is 0 Å². The van der Waals surface area contributed by atoms with Gasteiger partial charge in [-0.2, -0.15) is 0 Å². The minimum atomic E-state index is 0.145. The Morgan fingerprint density at radius 2 is 1.18 bits per heavy atom. The highest BCUT2D eigenvalue weighted by atomic mass is 32.2. The molecular formula is C18H18O2S2. The van der Waals surface area contributed by atoms with Gasteiger partial charge < -0.3 is 9.47 Å². The first-order chi connectivity index (χ1) is 10.7. The molecule has 0 amide bonds. The zero-order valence-corrected chi connectivity index (χ0v) is 14.5. The van der Waals surface area contributed by atoms with Crippen LogP contribution in [0.5, 0.6) is 11.5 Å². The van der Waals surface area contributed by atoms with Gasteiger partial charge in [0.05, 0.1) is 14.2 Å². The zero-order valence-electron chi connectivity index (χ0n) is 12.8. The van der Waals surface area contributed by atoms with Crippen molar-refractivity contribution in [2.75, 3.05) is 14.2 Å².